The Kier molecular flexibility index (Phi) is 5.38. The third kappa shape index (κ3) is 4.58. The molecule has 0 fully saturated rings. The third-order valence-electron chi connectivity index (χ3n) is 2.08. The van der Waals surface area contributed by atoms with Crippen LogP contribution in [0.3, 0.4) is 0 Å². The first-order valence-corrected chi connectivity index (χ1v) is 6.23. The minimum Gasteiger partial charge on any atom is -0.481 e. The SMILES string of the molecule is CC(NC(=O)c1ccccc1)C(=O)SCC(=O)O. The Morgan fingerprint density at radius 2 is 1.89 bits per heavy atom. The lowest BCUT2D eigenvalue weighted by atomic mass is 10.2. The average molecular weight is 267 g/mol. The molecule has 0 aliphatic carbocycles. The number of hydrogen-bond donors (Lipinski definition) is 2. The topological polar surface area (TPSA) is 83.5 Å². The van der Waals surface area contributed by atoms with Crippen LogP contribution >= 0.6 is 11.8 Å². The van der Waals surface area contributed by atoms with Gasteiger partial charge in [-0.05, 0) is 19.1 Å². The number of thioether (sulfide) groups is 1. The van der Waals surface area contributed by atoms with E-state index in [4.69, 9.17) is 5.11 Å². The molecule has 5 nitrogen and oxygen atoms in total. The molecule has 0 saturated carbocycles. The zero-order chi connectivity index (χ0) is 13.5. The zero-order valence-electron chi connectivity index (χ0n) is 9.75. The highest BCUT2D eigenvalue weighted by Gasteiger charge is 2.17. The smallest absolute Gasteiger partial charge is 0.313 e. The van der Waals surface area contributed by atoms with E-state index in [-0.39, 0.29) is 16.8 Å². The van der Waals surface area contributed by atoms with E-state index in [1.54, 1.807) is 30.3 Å². The van der Waals surface area contributed by atoms with Crippen molar-refractivity contribution in [3.8, 4) is 0 Å². The van der Waals surface area contributed by atoms with E-state index in [0.717, 1.165) is 0 Å². The van der Waals surface area contributed by atoms with Crippen LogP contribution in [-0.4, -0.2) is 33.9 Å². The summed E-state index contributed by atoms with van der Waals surface area (Å²) >= 11 is 0.677. The second-order valence-electron chi connectivity index (χ2n) is 3.56. The van der Waals surface area contributed by atoms with Gasteiger partial charge >= 0.3 is 5.97 Å². The lowest BCUT2D eigenvalue weighted by Crippen LogP contribution is -2.37. The predicted octanol–water partition coefficient (Wildman–Crippen LogP) is 1.15. The van der Waals surface area contributed by atoms with Crippen molar-refractivity contribution in [2.24, 2.45) is 0 Å². The van der Waals surface area contributed by atoms with Crippen LogP contribution in [0.5, 0.6) is 0 Å². The summed E-state index contributed by atoms with van der Waals surface area (Å²) in [6, 6.07) is 7.78. The maximum Gasteiger partial charge on any atom is 0.313 e. The third-order valence-corrected chi connectivity index (χ3v) is 3.10. The summed E-state index contributed by atoms with van der Waals surface area (Å²) in [5.41, 5.74) is 0.459. The summed E-state index contributed by atoms with van der Waals surface area (Å²) in [6.07, 6.45) is 0. The first kappa shape index (κ1) is 14.2. The van der Waals surface area contributed by atoms with Gasteiger partial charge in [-0.15, -0.1) is 0 Å². The molecular formula is C12H13NO4S. The first-order valence-electron chi connectivity index (χ1n) is 5.25. The Bertz CT molecular complexity index is 447. The molecule has 0 aliphatic heterocycles. The largest absolute Gasteiger partial charge is 0.481 e. The second kappa shape index (κ2) is 6.80. The summed E-state index contributed by atoms with van der Waals surface area (Å²) in [5.74, 6) is -1.72. The molecule has 1 aromatic carbocycles. The fourth-order valence-electron chi connectivity index (χ4n) is 1.19. The Labute approximate surface area is 109 Å². The van der Waals surface area contributed by atoms with E-state index < -0.39 is 12.0 Å². The molecule has 1 amide bonds. The van der Waals surface area contributed by atoms with E-state index in [0.29, 0.717) is 17.3 Å². The fourth-order valence-corrected chi connectivity index (χ4v) is 1.76. The molecule has 0 spiro atoms. The molecule has 96 valence electrons. The highest BCUT2D eigenvalue weighted by molar-refractivity contribution is 8.14. The van der Waals surface area contributed by atoms with E-state index in [9.17, 15) is 14.4 Å². The van der Waals surface area contributed by atoms with Gasteiger partial charge in [0.2, 0.25) is 5.12 Å². The van der Waals surface area contributed by atoms with Crippen molar-refractivity contribution in [1.82, 2.24) is 5.32 Å². The number of carboxylic acid groups (broad SMARTS) is 1. The van der Waals surface area contributed by atoms with Crippen LogP contribution in [0.25, 0.3) is 0 Å². The molecule has 6 heteroatoms. The highest BCUT2D eigenvalue weighted by Crippen LogP contribution is 2.06. The van der Waals surface area contributed by atoms with Gasteiger partial charge in [0.25, 0.3) is 5.91 Å². The van der Waals surface area contributed by atoms with Crippen molar-refractivity contribution in [2.45, 2.75) is 13.0 Å². The molecule has 0 heterocycles. The number of carbonyl (C=O) groups excluding carboxylic acids is 2. The minimum absolute atomic E-state index is 0.301. The molecule has 1 unspecified atom stereocenters. The van der Waals surface area contributed by atoms with Crippen molar-refractivity contribution >= 4 is 28.8 Å². The summed E-state index contributed by atoms with van der Waals surface area (Å²) in [5, 5.41) is 10.6. The van der Waals surface area contributed by atoms with Crippen molar-refractivity contribution in [1.29, 1.82) is 0 Å². The lowest BCUT2D eigenvalue weighted by Gasteiger charge is -2.11. The molecule has 0 bridgehead atoms. The minimum atomic E-state index is -1.06. The monoisotopic (exact) mass is 267 g/mol. The molecule has 18 heavy (non-hydrogen) atoms. The van der Waals surface area contributed by atoms with Gasteiger partial charge in [0, 0.05) is 5.56 Å². The van der Waals surface area contributed by atoms with E-state index >= 15 is 0 Å². The van der Waals surface area contributed by atoms with Crippen LogP contribution < -0.4 is 5.32 Å². The molecule has 1 atom stereocenters. The Hall–Kier alpha value is -1.82. The van der Waals surface area contributed by atoms with Gasteiger partial charge in [0.1, 0.15) is 0 Å². The van der Waals surface area contributed by atoms with Crippen LogP contribution in [-0.2, 0) is 9.59 Å². The van der Waals surface area contributed by atoms with Crippen molar-refractivity contribution < 1.29 is 19.5 Å². The molecule has 1 rings (SSSR count). The number of aliphatic carboxylic acids is 1. The van der Waals surface area contributed by atoms with Gasteiger partial charge < -0.3 is 10.4 Å². The maximum absolute atomic E-state index is 11.7. The van der Waals surface area contributed by atoms with Crippen LogP contribution in [0.4, 0.5) is 0 Å². The van der Waals surface area contributed by atoms with E-state index in [2.05, 4.69) is 5.32 Å². The van der Waals surface area contributed by atoms with Gasteiger partial charge in [0.15, 0.2) is 0 Å². The predicted molar refractivity (Wildman–Crippen MR) is 68.5 cm³/mol. The Balaban J connectivity index is 2.49. The fraction of sp³-hybridized carbons (Fsp3) is 0.250. The van der Waals surface area contributed by atoms with Crippen LogP contribution in [0.15, 0.2) is 30.3 Å². The van der Waals surface area contributed by atoms with E-state index in [1.807, 2.05) is 0 Å². The summed E-state index contributed by atoms with van der Waals surface area (Å²) in [4.78, 5) is 33.5. The summed E-state index contributed by atoms with van der Waals surface area (Å²) in [7, 11) is 0. The van der Waals surface area contributed by atoms with Crippen molar-refractivity contribution in [3.63, 3.8) is 0 Å². The maximum atomic E-state index is 11.7. The number of hydrogen-bond acceptors (Lipinski definition) is 4. The summed E-state index contributed by atoms with van der Waals surface area (Å²) in [6.45, 7) is 1.53. The van der Waals surface area contributed by atoms with Gasteiger partial charge in [0.05, 0.1) is 11.8 Å². The van der Waals surface area contributed by atoms with Gasteiger partial charge in [-0.1, -0.05) is 30.0 Å². The van der Waals surface area contributed by atoms with Crippen molar-refractivity contribution in [3.05, 3.63) is 35.9 Å². The normalized spacial score (nSPS) is 11.6. The Morgan fingerprint density at radius 3 is 2.44 bits per heavy atom. The molecular weight excluding hydrogens is 254 g/mol. The number of amides is 1. The quantitative estimate of drug-likeness (QED) is 0.836. The van der Waals surface area contributed by atoms with E-state index in [1.165, 1.54) is 6.92 Å². The second-order valence-corrected chi connectivity index (χ2v) is 4.54. The molecule has 2 N–H and O–H groups in total. The van der Waals surface area contributed by atoms with Crippen LogP contribution in [0.1, 0.15) is 17.3 Å². The van der Waals surface area contributed by atoms with Crippen molar-refractivity contribution in [2.75, 3.05) is 5.75 Å². The lowest BCUT2D eigenvalue weighted by molar-refractivity contribution is -0.134. The number of benzene rings is 1. The first-order chi connectivity index (χ1) is 8.50. The standard InChI is InChI=1S/C12H13NO4S/c1-8(12(17)18-7-10(14)15)13-11(16)9-5-3-2-4-6-9/h2-6,8H,7H2,1H3,(H,13,16)(H,14,15). The Morgan fingerprint density at radius 1 is 1.28 bits per heavy atom. The van der Waals surface area contributed by atoms with Gasteiger partial charge in [-0.2, -0.15) is 0 Å². The average Bonchev–Trinajstić information content (AvgIpc) is 2.36. The number of carbonyl (C=O) groups is 3. The number of carboxylic acids is 1. The van der Waals surface area contributed by atoms with Crippen LogP contribution in [0, 0.1) is 0 Å². The zero-order valence-corrected chi connectivity index (χ0v) is 10.6. The summed E-state index contributed by atoms with van der Waals surface area (Å²) < 4.78 is 0. The number of nitrogens with one attached hydrogen (secondary N) is 1. The van der Waals surface area contributed by atoms with Gasteiger partial charge in [-0.3, -0.25) is 14.4 Å². The number of rotatable bonds is 5. The molecule has 0 aliphatic rings. The molecule has 0 saturated heterocycles. The van der Waals surface area contributed by atoms with Crippen LogP contribution in [0.2, 0.25) is 0 Å². The molecule has 0 aromatic heterocycles. The molecule has 1 aromatic rings. The molecule has 0 radical (unpaired) electrons. The van der Waals surface area contributed by atoms with Gasteiger partial charge in [-0.25, -0.2) is 0 Å². The highest BCUT2D eigenvalue weighted by atomic mass is 32.2.